The monoisotopic (exact) mass is 261 g/mol. The molecule has 1 fully saturated rings. The molecule has 0 saturated carbocycles. The highest BCUT2D eigenvalue weighted by Gasteiger charge is 2.23. The van der Waals surface area contributed by atoms with E-state index in [1.54, 1.807) is 6.33 Å². The molecule has 1 aromatic rings. The van der Waals surface area contributed by atoms with Crippen molar-refractivity contribution in [2.45, 2.75) is 25.8 Å². The van der Waals surface area contributed by atoms with Crippen molar-refractivity contribution >= 4 is 17.7 Å². The van der Waals surface area contributed by atoms with Crippen molar-refractivity contribution < 1.29 is 0 Å². The SMILES string of the molecule is C=Cc1c(NC)ncnc1N(CC)[C@@H]1CCCNC1. The number of nitrogens with one attached hydrogen (secondary N) is 2. The molecule has 104 valence electrons. The van der Waals surface area contributed by atoms with E-state index in [-0.39, 0.29) is 0 Å². The summed E-state index contributed by atoms with van der Waals surface area (Å²) in [6.45, 7) is 9.14. The number of hydrogen-bond donors (Lipinski definition) is 2. The molecule has 0 unspecified atom stereocenters. The maximum Gasteiger partial charge on any atom is 0.141 e. The third kappa shape index (κ3) is 2.87. The Balaban J connectivity index is 2.34. The van der Waals surface area contributed by atoms with Crippen molar-refractivity contribution in [3.8, 4) is 0 Å². The van der Waals surface area contributed by atoms with Gasteiger partial charge in [-0.05, 0) is 26.3 Å². The van der Waals surface area contributed by atoms with Crippen LogP contribution in [0.4, 0.5) is 11.6 Å². The maximum atomic E-state index is 4.48. The van der Waals surface area contributed by atoms with Crippen LogP contribution in [0.1, 0.15) is 25.3 Å². The van der Waals surface area contributed by atoms with Crippen LogP contribution < -0.4 is 15.5 Å². The summed E-state index contributed by atoms with van der Waals surface area (Å²) in [6.07, 6.45) is 5.87. The molecule has 0 spiro atoms. The normalized spacial score (nSPS) is 18.9. The van der Waals surface area contributed by atoms with Gasteiger partial charge in [0.1, 0.15) is 18.0 Å². The third-order valence-electron chi connectivity index (χ3n) is 3.63. The summed E-state index contributed by atoms with van der Waals surface area (Å²) in [5, 5.41) is 6.56. The van der Waals surface area contributed by atoms with Gasteiger partial charge in [0, 0.05) is 26.2 Å². The van der Waals surface area contributed by atoms with E-state index in [1.807, 2.05) is 13.1 Å². The first kappa shape index (κ1) is 13.8. The van der Waals surface area contributed by atoms with E-state index in [1.165, 1.54) is 12.8 Å². The Hall–Kier alpha value is -1.62. The van der Waals surface area contributed by atoms with Crippen molar-refractivity contribution in [1.82, 2.24) is 15.3 Å². The Morgan fingerprint density at radius 2 is 2.42 bits per heavy atom. The summed E-state index contributed by atoms with van der Waals surface area (Å²) < 4.78 is 0. The van der Waals surface area contributed by atoms with Gasteiger partial charge in [-0.15, -0.1) is 0 Å². The van der Waals surface area contributed by atoms with Gasteiger partial charge in [-0.2, -0.15) is 0 Å². The Kier molecular flexibility index (Phi) is 4.74. The quantitative estimate of drug-likeness (QED) is 0.845. The molecule has 0 radical (unpaired) electrons. The molecule has 0 amide bonds. The van der Waals surface area contributed by atoms with E-state index >= 15 is 0 Å². The molecule has 2 heterocycles. The molecule has 5 nitrogen and oxygen atoms in total. The van der Waals surface area contributed by atoms with Gasteiger partial charge in [-0.25, -0.2) is 9.97 Å². The largest absolute Gasteiger partial charge is 0.372 e. The van der Waals surface area contributed by atoms with E-state index < -0.39 is 0 Å². The van der Waals surface area contributed by atoms with Crippen LogP contribution in [0, 0.1) is 0 Å². The van der Waals surface area contributed by atoms with Crippen molar-refractivity contribution in [1.29, 1.82) is 0 Å². The lowest BCUT2D eigenvalue weighted by atomic mass is 10.1. The van der Waals surface area contributed by atoms with Crippen molar-refractivity contribution in [3.63, 3.8) is 0 Å². The number of piperidine rings is 1. The van der Waals surface area contributed by atoms with Crippen molar-refractivity contribution in [3.05, 3.63) is 18.5 Å². The Labute approximate surface area is 115 Å². The second-order valence-electron chi connectivity index (χ2n) is 4.70. The zero-order chi connectivity index (χ0) is 13.7. The van der Waals surface area contributed by atoms with Gasteiger partial charge < -0.3 is 15.5 Å². The smallest absolute Gasteiger partial charge is 0.141 e. The summed E-state index contributed by atoms with van der Waals surface area (Å²) in [5.41, 5.74) is 0.984. The second-order valence-corrected chi connectivity index (χ2v) is 4.70. The van der Waals surface area contributed by atoms with Crippen molar-refractivity contribution in [2.24, 2.45) is 0 Å². The molecular formula is C14H23N5. The predicted octanol–water partition coefficient (Wildman–Crippen LogP) is 1.74. The number of rotatable bonds is 5. The molecule has 0 aliphatic carbocycles. The first-order valence-corrected chi connectivity index (χ1v) is 6.94. The predicted molar refractivity (Wildman–Crippen MR) is 80.6 cm³/mol. The first-order chi connectivity index (χ1) is 9.31. The average Bonchev–Trinajstić information content (AvgIpc) is 2.48. The Morgan fingerprint density at radius 1 is 1.58 bits per heavy atom. The molecule has 1 atom stereocenters. The van der Waals surface area contributed by atoms with Crippen LogP contribution in [-0.2, 0) is 0 Å². The topological polar surface area (TPSA) is 53.1 Å². The van der Waals surface area contributed by atoms with E-state index in [0.717, 1.165) is 36.8 Å². The van der Waals surface area contributed by atoms with Crippen LogP contribution in [0.25, 0.3) is 6.08 Å². The van der Waals surface area contributed by atoms with Gasteiger partial charge in [0.05, 0.1) is 5.56 Å². The van der Waals surface area contributed by atoms with E-state index in [0.29, 0.717) is 6.04 Å². The van der Waals surface area contributed by atoms with Crippen LogP contribution in [0.2, 0.25) is 0 Å². The maximum absolute atomic E-state index is 4.48. The fraction of sp³-hybridized carbons (Fsp3) is 0.571. The molecule has 1 aromatic heterocycles. The lowest BCUT2D eigenvalue weighted by Gasteiger charge is -2.35. The second kappa shape index (κ2) is 6.52. The van der Waals surface area contributed by atoms with Crippen LogP contribution in [0.15, 0.2) is 12.9 Å². The van der Waals surface area contributed by atoms with Gasteiger partial charge in [0.2, 0.25) is 0 Å². The Morgan fingerprint density at radius 3 is 3.00 bits per heavy atom. The van der Waals surface area contributed by atoms with Crippen molar-refractivity contribution in [2.75, 3.05) is 36.9 Å². The lowest BCUT2D eigenvalue weighted by Crippen LogP contribution is -2.46. The van der Waals surface area contributed by atoms with Crippen LogP contribution >= 0.6 is 0 Å². The minimum atomic E-state index is 0.497. The number of aromatic nitrogens is 2. The van der Waals surface area contributed by atoms with E-state index in [4.69, 9.17) is 0 Å². The molecule has 1 saturated heterocycles. The highest BCUT2D eigenvalue weighted by molar-refractivity contribution is 5.73. The van der Waals surface area contributed by atoms with Gasteiger partial charge in [0.25, 0.3) is 0 Å². The molecule has 2 rings (SSSR count). The minimum absolute atomic E-state index is 0.497. The first-order valence-electron chi connectivity index (χ1n) is 6.94. The molecule has 1 aliphatic rings. The molecule has 2 N–H and O–H groups in total. The van der Waals surface area contributed by atoms with Gasteiger partial charge >= 0.3 is 0 Å². The van der Waals surface area contributed by atoms with Crippen LogP contribution in [-0.4, -0.2) is 42.7 Å². The van der Waals surface area contributed by atoms with Crippen LogP contribution in [0.5, 0.6) is 0 Å². The summed E-state index contributed by atoms with van der Waals surface area (Å²) >= 11 is 0. The zero-order valence-electron chi connectivity index (χ0n) is 11.8. The number of nitrogens with zero attached hydrogens (tertiary/aromatic N) is 3. The highest BCUT2D eigenvalue weighted by Crippen LogP contribution is 2.27. The van der Waals surface area contributed by atoms with Crippen LogP contribution in [0.3, 0.4) is 0 Å². The number of anilines is 2. The summed E-state index contributed by atoms with van der Waals surface area (Å²) in [5.74, 6) is 1.81. The van der Waals surface area contributed by atoms with Gasteiger partial charge in [-0.3, -0.25) is 0 Å². The molecule has 0 aromatic carbocycles. The lowest BCUT2D eigenvalue weighted by molar-refractivity contribution is 0.433. The Bertz CT molecular complexity index is 426. The average molecular weight is 261 g/mol. The molecule has 19 heavy (non-hydrogen) atoms. The number of hydrogen-bond acceptors (Lipinski definition) is 5. The summed E-state index contributed by atoms with van der Waals surface area (Å²) in [7, 11) is 1.87. The summed E-state index contributed by atoms with van der Waals surface area (Å²) in [6, 6.07) is 0.497. The van der Waals surface area contributed by atoms with E-state index in [2.05, 4.69) is 39.0 Å². The van der Waals surface area contributed by atoms with Gasteiger partial charge in [0.15, 0.2) is 0 Å². The zero-order valence-corrected chi connectivity index (χ0v) is 11.8. The number of likely N-dealkylation sites (N-methyl/N-ethyl adjacent to an activating group) is 1. The standard InChI is InChI=1S/C14H23N5/c1-4-12-13(15-3)17-10-18-14(12)19(5-2)11-7-6-8-16-9-11/h4,10-11,16H,1,5-9H2,2-3H3,(H,15,17,18)/t11-/m1/s1. The van der Waals surface area contributed by atoms with Gasteiger partial charge in [-0.1, -0.05) is 12.7 Å². The molecule has 5 heteroatoms. The highest BCUT2D eigenvalue weighted by atomic mass is 15.2. The fourth-order valence-electron chi connectivity index (χ4n) is 2.68. The van der Waals surface area contributed by atoms with E-state index in [9.17, 15) is 0 Å². The summed E-state index contributed by atoms with van der Waals surface area (Å²) in [4.78, 5) is 11.1. The molecule has 1 aliphatic heterocycles. The molecule has 0 bridgehead atoms. The minimum Gasteiger partial charge on any atom is -0.372 e. The molecular weight excluding hydrogens is 238 g/mol. The fourth-order valence-corrected chi connectivity index (χ4v) is 2.68. The third-order valence-corrected chi connectivity index (χ3v) is 3.63.